The van der Waals surface area contributed by atoms with Crippen molar-refractivity contribution in [2.24, 2.45) is 10.7 Å². The first-order valence-electron chi connectivity index (χ1n) is 7.98. The first kappa shape index (κ1) is 17.5. The number of carbonyl (C=O) groups is 1. The summed E-state index contributed by atoms with van der Waals surface area (Å²) in [6.07, 6.45) is -0.888. The summed E-state index contributed by atoms with van der Waals surface area (Å²) in [6.45, 7) is 0.0146. The van der Waals surface area contributed by atoms with Crippen LogP contribution in [0.25, 0.3) is 0 Å². The van der Waals surface area contributed by atoms with Crippen LogP contribution in [-0.4, -0.2) is 40.0 Å². The van der Waals surface area contributed by atoms with Gasteiger partial charge in [-0.05, 0) is 12.1 Å². The monoisotopic (exact) mass is 397 g/mol. The van der Waals surface area contributed by atoms with Crippen molar-refractivity contribution >= 4 is 23.7 Å². The molecular weight excluding hydrogens is 384 g/mol. The van der Waals surface area contributed by atoms with Crippen molar-refractivity contribution in [3.05, 3.63) is 47.8 Å². The molecule has 0 aliphatic carbocycles. The van der Waals surface area contributed by atoms with Gasteiger partial charge in [0, 0.05) is 30.0 Å². The van der Waals surface area contributed by atoms with Crippen LogP contribution in [0.4, 0.5) is 8.78 Å². The highest BCUT2D eigenvalue weighted by Crippen LogP contribution is 2.52. The summed E-state index contributed by atoms with van der Waals surface area (Å²) in [5, 5.41) is 5.80. The molecule has 2 aromatic rings. The maximum Gasteiger partial charge on any atom is 0.331 e. The maximum absolute atomic E-state index is 15.5. The van der Waals surface area contributed by atoms with Gasteiger partial charge in [-0.2, -0.15) is 18.1 Å². The van der Waals surface area contributed by atoms with Crippen LogP contribution in [0, 0.1) is 0 Å². The van der Waals surface area contributed by atoms with Crippen LogP contribution in [0.3, 0.4) is 0 Å². The van der Waals surface area contributed by atoms with E-state index >= 15 is 8.78 Å². The predicted molar refractivity (Wildman–Crippen MR) is 90.6 cm³/mol. The molecule has 3 heterocycles. The number of amidine groups is 1. The number of carbonyl (C=O) groups excluding carboxylic acids is 1. The molecule has 4 rings (SSSR count). The van der Waals surface area contributed by atoms with E-state index in [0.29, 0.717) is 0 Å². The van der Waals surface area contributed by atoms with Gasteiger partial charge in [0.25, 0.3) is 11.9 Å². The van der Waals surface area contributed by atoms with Gasteiger partial charge in [0.05, 0.1) is 6.61 Å². The van der Waals surface area contributed by atoms with Crippen molar-refractivity contribution in [3.63, 3.8) is 0 Å². The van der Waals surface area contributed by atoms with Gasteiger partial charge in [0.2, 0.25) is 6.23 Å². The van der Waals surface area contributed by atoms with E-state index in [4.69, 9.17) is 27.0 Å². The number of aliphatic imine (C=N–C) groups is 1. The number of nitrogens with zero attached hydrogens (tertiary/aromatic N) is 3. The minimum atomic E-state index is -3.62. The summed E-state index contributed by atoms with van der Waals surface area (Å²) < 4.78 is 42.4. The third-order valence-corrected chi connectivity index (χ3v) is 4.72. The van der Waals surface area contributed by atoms with Crippen LogP contribution >= 0.6 is 11.8 Å². The summed E-state index contributed by atoms with van der Waals surface area (Å²) in [5.74, 6) is -4.22. The number of nitrogens with two attached hydrogens (primary N) is 1. The van der Waals surface area contributed by atoms with Gasteiger partial charge in [-0.25, -0.2) is 4.99 Å². The minimum absolute atomic E-state index is 0.0146. The quantitative estimate of drug-likeness (QED) is 0.801. The lowest BCUT2D eigenvalue weighted by Crippen LogP contribution is -2.64. The first-order valence-corrected chi connectivity index (χ1v) is 8.32. The lowest BCUT2D eigenvalue weighted by molar-refractivity contribution is -0.182. The standard InChI is InChI=1S/C16H14ClF2N5O3/c17-24-7-5-10(23-24)12(25)21-13-16(18,19)15(22-14(20)27-13)6-8-26-11-4-2-1-3-9(11)15/h1-5,7,13H,6,8H2,(H2,20,22)(H,21,25)/t13?,15-/m1/s1. The topological polar surface area (TPSA) is 104 Å². The molecule has 8 nitrogen and oxygen atoms in total. The van der Waals surface area contributed by atoms with E-state index in [0.717, 1.165) is 4.20 Å². The van der Waals surface area contributed by atoms with Gasteiger partial charge >= 0.3 is 5.92 Å². The van der Waals surface area contributed by atoms with Crippen molar-refractivity contribution in [2.45, 2.75) is 24.1 Å². The van der Waals surface area contributed by atoms with Gasteiger partial charge in [-0.15, -0.1) is 0 Å². The number of alkyl halides is 2. The third kappa shape index (κ3) is 2.67. The molecule has 1 spiro atoms. The number of halogens is 3. The lowest BCUT2D eigenvalue weighted by Gasteiger charge is -2.46. The van der Waals surface area contributed by atoms with E-state index in [-0.39, 0.29) is 30.0 Å². The Labute approximate surface area is 157 Å². The first-order chi connectivity index (χ1) is 12.8. The molecule has 142 valence electrons. The number of rotatable bonds is 2. The molecule has 3 N–H and O–H groups in total. The summed E-state index contributed by atoms with van der Waals surface area (Å²) in [6, 6.07) is 7.18. The SMILES string of the molecule is NC1=N[C@@]2(CCOc3ccccc32)C(F)(F)C(NC(=O)c2ccn(Cl)n2)O1. The number of hydrogen-bond donors (Lipinski definition) is 2. The Hall–Kier alpha value is -2.88. The molecule has 2 aliphatic rings. The van der Waals surface area contributed by atoms with Crippen molar-refractivity contribution in [2.75, 3.05) is 6.61 Å². The Morgan fingerprint density at radius 2 is 2.15 bits per heavy atom. The van der Waals surface area contributed by atoms with Crippen molar-refractivity contribution < 1.29 is 23.0 Å². The van der Waals surface area contributed by atoms with Crippen molar-refractivity contribution in [1.82, 2.24) is 14.6 Å². The van der Waals surface area contributed by atoms with Crippen molar-refractivity contribution in [3.8, 4) is 5.75 Å². The molecule has 27 heavy (non-hydrogen) atoms. The number of para-hydroxylation sites is 1. The number of nitrogens with one attached hydrogen (secondary N) is 1. The highest BCUT2D eigenvalue weighted by molar-refractivity contribution is 6.14. The Morgan fingerprint density at radius 1 is 1.37 bits per heavy atom. The fourth-order valence-electron chi connectivity index (χ4n) is 3.28. The van der Waals surface area contributed by atoms with Gasteiger partial charge in [0.15, 0.2) is 11.2 Å². The molecule has 0 saturated heterocycles. The molecule has 0 fully saturated rings. The zero-order valence-corrected chi connectivity index (χ0v) is 14.5. The zero-order valence-electron chi connectivity index (χ0n) is 13.7. The van der Waals surface area contributed by atoms with E-state index in [2.05, 4.69) is 15.4 Å². The second-order valence-electron chi connectivity index (χ2n) is 6.09. The number of amides is 1. The molecule has 1 unspecified atom stereocenters. The molecule has 0 radical (unpaired) electrons. The highest BCUT2D eigenvalue weighted by Gasteiger charge is 2.66. The largest absolute Gasteiger partial charge is 0.493 e. The summed E-state index contributed by atoms with van der Waals surface area (Å²) in [5.41, 5.74) is 3.70. The molecule has 1 amide bonds. The maximum atomic E-state index is 15.5. The fourth-order valence-corrected chi connectivity index (χ4v) is 3.41. The van der Waals surface area contributed by atoms with Crippen LogP contribution in [0.5, 0.6) is 5.75 Å². The third-order valence-electron chi connectivity index (χ3n) is 4.53. The second-order valence-corrected chi connectivity index (χ2v) is 6.44. The normalized spacial score (nSPS) is 25.7. The van der Waals surface area contributed by atoms with Crippen LogP contribution in [0.15, 0.2) is 41.5 Å². The van der Waals surface area contributed by atoms with Gasteiger partial charge in [-0.1, -0.05) is 18.2 Å². The number of aromatic nitrogens is 2. The number of benzene rings is 1. The molecule has 2 aliphatic heterocycles. The second kappa shape index (κ2) is 6.08. The van der Waals surface area contributed by atoms with Crippen LogP contribution < -0.4 is 15.8 Å². The fraction of sp³-hybridized carbons (Fsp3) is 0.312. The molecule has 2 atom stereocenters. The predicted octanol–water partition coefficient (Wildman–Crippen LogP) is 1.60. The molecule has 1 aromatic heterocycles. The number of hydrogen-bond acceptors (Lipinski definition) is 6. The van der Waals surface area contributed by atoms with Crippen LogP contribution in [0.2, 0.25) is 0 Å². The van der Waals surface area contributed by atoms with Gasteiger partial charge in [0.1, 0.15) is 5.75 Å². The molecule has 11 heteroatoms. The minimum Gasteiger partial charge on any atom is -0.493 e. The molecule has 1 aromatic carbocycles. The molecule has 0 saturated carbocycles. The van der Waals surface area contributed by atoms with Crippen molar-refractivity contribution in [1.29, 1.82) is 0 Å². The number of fused-ring (bicyclic) bond motifs is 2. The average Bonchev–Trinajstić information content (AvgIpc) is 3.07. The van der Waals surface area contributed by atoms with Gasteiger partial charge < -0.3 is 20.5 Å². The molecular formula is C16H14ClF2N5O3. The van der Waals surface area contributed by atoms with Crippen LogP contribution in [-0.2, 0) is 10.3 Å². The van der Waals surface area contributed by atoms with E-state index in [1.807, 2.05) is 0 Å². The highest BCUT2D eigenvalue weighted by atomic mass is 35.5. The van der Waals surface area contributed by atoms with E-state index in [1.54, 1.807) is 18.2 Å². The summed E-state index contributed by atoms with van der Waals surface area (Å²) in [7, 11) is 0. The Kier molecular flexibility index (Phi) is 3.95. The Balaban J connectivity index is 1.73. The van der Waals surface area contributed by atoms with E-state index in [9.17, 15) is 4.79 Å². The zero-order chi connectivity index (χ0) is 19.2. The van der Waals surface area contributed by atoms with E-state index < -0.39 is 29.6 Å². The summed E-state index contributed by atoms with van der Waals surface area (Å²) in [4.78, 5) is 16.2. The smallest absolute Gasteiger partial charge is 0.331 e. The average molecular weight is 398 g/mol. The number of ether oxygens (including phenoxy) is 2. The van der Waals surface area contributed by atoms with Gasteiger partial charge in [-0.3, -0.25) is 4.79 Å². The Morgan fingerprint density at radius 3 is 2.89 bits per heavy atom. The lowest BCUT2D eigenvalue weighted by atomic mass is 9.78. The summed E-state index contributed by atoms with van der Waals surface area (Å²) >= 11 is 5.59. The Bertz CT molecular complexity index is 934. The van der Waals surface area contributed by atoms with E-state index in [1.165, 1.54) is 18.3 Å². The van der Waals surface area contributed by atoms with Crippen LogP contribution in [0.1, 0.15) is 22.5 Å². The molecule has 0 bridgehead atoms.